The number of carbonyl (C=O) groups excluding carboxylic acids is 1. The van der Waals surface area contributed by atoms with E-state index in [9.17, 15) is 9.18 Å². The maximum Gasteiger partial charge on any atom is 0.234 e. The molecule has 1 aromatic heterocycles. The number of para-hydroxylation sites is 2. The van der Waals surface area contributed by atoms with E-state index >= 15 is 0 Å². The summed E-state index contributed by atoms with van der Waals surface area (Å²) in [5.41, 5.74) is 1.39. The van der Waals surface area contributed by atoms with Crippen LogP contribution in [-0.2, 0) is 4.79 Å². The van der Waals surface area contributed by atoms with E-state index in [2.05, 4.69) is 31.4 Å². The van der Waals surface area contributed by atoms with Crippen LogP contribution in [0.25, 0.3) is 5.69 Å². The van der Waals surface area contributed by atoms with Gasteiger partial charge in [0.2, 0.25) is 5.91 Å². The number of amides is 1. The molecular formula is C24H19BrClFN4O2S. The van der Waals surface area contributed by atoms with E-state index in [1.54, 1.807) is 47.9 Å². The molecule has 0 aliphatic carbocycles. The van der Waals surface area contributed by atoms with Crippen LogP contribution in [0.3, 0.4) is 0 Å². The first kappa shape index (κ1) is 24.3. The van der Waals surface area contributed by atoms with Crippen LogP contribution in [0.5, 0.6) is 5.75 Å². The van der Waals surface area contributed by atoms with Crippen LogP contribution in [0.1, 0.15) is 18.9 Å². The third-order valence-electron chi connectivity index (χ3n) is 4.71. The van der Waals surface area contributed by atoms with Crippen molar-refractivity contribution in [3.8, 4) is 11.4 Å². The number of thioether (sulfide) groups is 1. The van der Waals surface area contributed by atoms with E-state index in [-0.39, 0.29) is 17.4 Å². The maximum absolute atomic E-state index is 14.1. The van der Waals surface area contributed by atoms with Crippen molar-refractivity contribution in [2.24, 2.45) is 0 Å². The first-order chi connectivity index (χ1) is 16.4. The smallest absolute Gasteiger partial charge is 0.234 e. The Kier molecular flexibility index (Phi) is 7.87. The molecule has 4 aromatic rings. The van der Waals surface area contributed by atoms with Gasteiger partial charge in [0.05, 0.1) is 10.8 Å². The molecule has 3 aromatic carbocycles. The third-order valence-corrected chi connectivity index (χ3v) is 6.87. The molecule has 0 aliphatic heterocycles. The minimum Gasteiger partial charge on any atom is -0.480 e. The quantitative estimate of drug-likeness (QED) is 0.243. The molecule has 10 heteroatoms. The zero-order valence-corrected chi connectivity index (χ0v) is 21.1. The van der Waals surface area contributed by atoms with Gasteiger partial charge in [0.1, 0.15) is 0 Å². The topological polar surface area (TPSA) is 69.0 Å². The summed E-state index contributed by atoms with van der Waals surface area (Å²) in [7, 11) is 0. The van der Waals surface area contributed by atoms with Crippen LogP contribution in [0.15, 0.2) is 82.4 Å². The van der Waals surface area contributed by atoms with Gasteiger partial charge in [0.25, 0.3) is 0 Å². The monoisotopic (exact) mass is 560 g/mol. The van der Waals surface area contributed by atoms with Crippen molar-refractivity contribution in [2.75, 3.05) is 11.1 Å². The molecular weight excluding hydrogens is 543 g/mol. The number of ether oxygens (including phenoxy) is 1. The van der Waals surface area contributed by atoms with Gasteiger partial charge in [-0.05, 0) is 65.3 Å². The van der Waals surface area contributed by atoms with E-state index in [4.69, 9.17) is 16.3 Å². The Bertz CT molecular complexity index is 1310. The fourth-order valence-electron chi connectivity index (χ4n) is 3.14. The van der Waals surface area contributed by atoms with Crippen molar-refractivity contribution in [2.45, 2.75) is 18.2 Å². The number of nitrogens with zero attached hydrogens (tertiary/aromatic N) is 3. The molecule has 1 heterocycles. The van der Waals surface area contributed by atoms with Gasteiger partial charge in [-0.2, -0.15) is 0 Å². The fraction of sp³-hybridized carbons (Fsp3) is 0.125. The van der Waals surface area contributed by atoms with Gasteiger partial charge >= 0.3 is 0 Å². The second-order valence-electron chi connectivity index (χ2n) is 7.17. The molecule has 34 heavy (non-hydrogen) atoms. The number of aromatic nitrogens is 3. The Morgan fingerprint density at radius 2 is 1.88 bits per heavy atom. The van der Waals surface area contributed by atoms with Crippen molar-refractivity contribution in [1.29, 1.82) is 0 Å². The summed E-state index contributed by atoms with van der Waals surface area (Å²) in [6.45, 7) is 1.77. The molecule has 0 spiro atoms. The number of halogens is 3. The Morgan fingerprint density at radius 1 is 1.15 bits per heavy atom. The first-order valence-electron chi connectivity index (χ1n) is 10.2. The zero-order valence-electron chi connectivity index (χ0n) is 17.9. The highest BCUT2D eigenvalue weighted by Gasteiger charge is 2.22. The highest BCUT2D eigenvalue weighted by atomic mass is 79.9. The van der Waals surface area contributed by atoms with Gasteiger partial charge in [0, 0.05) is 15.8 Å². The summed E-state index contributed by atoms with van der Waals surface area (Å²) in [4.78, 5) is 12.5. The van der Waals surface area contributed by atoms with Crippen LogP contribution >= 0.6 is 39.3 Å². The Balaban J connectivity index is 1.54. The first-order valence-corrected chi connectivity index (χ1v) is 12.4. The van der Waals surface area contributed by atoms with E-state index in [0.717, 1.165) is 10.2 Å². The number of hydrogen-bond donors (Lipinski definition) is 1. The molecule has 1 unspecified atom stereocenters. The molecule has 174 valence electrons. The van der Waals surface area contributed by atoms with E-state index < -0.39 is 11.9 Å². The molecule has 0 fully saturated rings. The summed E-state index contributed by atoms with van der Waals surface area (Å²) in [5, 5.41) is 12.4. The predicted molar refractivity (Wildman–Crippen MR) is 135 cm³/mol. The molecule has 6 nitrogen and oxygen atoms in total. The molecule has 1 amide bonds. The number of anilines is 1. The molecule has 4 rings (SSSR count). The van der Waals surface area contributed by atoms with Crippen LogP contribution in [0.2, 0.25) is 5.02 Å². The SMILES string of the molecule is CC(Oc1ccccc1F)c1nnc(SCC(=O)Nc2ccc(Br)c(Cl)c2)n1-c1ccccc1. The van der Waals surface area contributed by atoms with Crippen LogP contribution in [-0.4, -0.2) is 26.4 Å². The number of hydrogen-bond acceptors (Lipinski definition) is 5. The summed E-state index contributed by atoms with van der Waals surface area (Å²) < 4.78 is 22.5. The van der Waals surface area contributed by atoms with Crippen molar-refractivity contribution in [1.82, 2.24) is 14.8 Å². The maximum atomic E-state index is 14.1. The molecule has 0 bridgehead atoms. The third kappa shape index (κ3) is 5.78. The van der Waals surface area contributed by atoms with Crippen LogP contribution in [0, 0.1) is 5.82 Å². The lowest BCUT2D eigenvalue weighted by atomic mass is 10.3. The summed E-state index contributed by atoms with van der Waals surface area (Å²) in [6, 6.07) is 20.9. The van der Waals surface area contributed by atoms with Gasteiger partial charge in [-0.15, -0.1) is 10.2 Å². The molecule has 0 saturated carbocycles. The van der Waals surface area contributed by atoms with Gasteiger partial charge in [-0.1, -0.05) is 53.7 Å². The van der Waals surface area contributed by atoms with Crippen LogP contribution in [0.4, 0.5) is 10.1 Å². The molecule has 0 radical (unpaired) electrons. The van der Waals surface area contributed by atoms with Gasteiger partial charge in [-0.3, -0.25) is 9.36 Å². The largest absolute Gasteiger partial charge is 0.480 e. The molecule has 1 atom stereocenters. The Morgan fingerprint density at radius 3 is 2.62 bits per heavy atom. The lowest BCUT2D eigenvalue weighted by Crippen LogP contribution is -2.15. The number of carbonyl (C=O) groups is 1. The summed E-state index contributed by atoms with van der Waals surface area (Å²) in [6.07, 6.45) is -0.599. The Hall–Kier alpha value is -2.88. The minimum atomic E-state index is -0.599. The van der Waals surface area contributed by atoms with Crippen molar-refractivity contribution in [3.63, 3.8) is 0 Å². The van der Waals surface area contributed by atoms with Crippen LogP contribution < -0.4 is 10.1 Å². The number of rotatable bonds is 8. The standard InChI is InChI=1S/C24H19BrClFN4O2S/c1-15(33-21-10-6-5-9-20(21)27)23-29-30-24(31(23)17-7-3-2-4-8-17)34-14-22(32)28-16-11-12-18(25)19(26)13-16/h2-13,15H,14H2,1H3,(H,28,32). The van der Waals surface area contributed by atoms with E-state index in [1.807, 2.05) is 30.3 Å². The van der Waals surface area contributed by atoms with E-state index in [1.165, 1.54) is 17.8 Å². The second kappa shape index (κ2) is 11.0. The Labute approximate surface area is 213 Å². The predicted octanol–water partition coefficient (Wildman–Crippen LogP) is 6.69. The lowest BCUT2D eigenvalue weighted by Gasteiger charge is -2.17. The average Bonchev–Trinajstić information content (AvgIpc) is 3.26. The fourth-order valence-corrected chi connectivity index (χ4v) is 4.33. The summed E-state index contributed by atoms with van der Waals surface area (Å²) in [5.74, 6) is 0.0281. The van der Waals surface area contributed by atoms with Gasteiger partial charge < -0.3 is 10.1 Å². The normalized spacial score (nSPS) is 11.8. The van der Waals surface area contributed by atoms with Crippen molar-refractivity contribution >= 4 is 50.9 Å². The highest BCUT2D eigenvalue weighted by Crippen LogP contribution is 2.29. The zero-order chi connectivity index (χ0) is 24.1. The summed E-state index contributed by atoms with van der Waals surface area (Å²) >= 11 is 10.7. The second-order valence-corrected chi connectivity index (χ2v) is 9.37. The highest BCUT2D eigenvalue weighted by molar-refractivity contribution is 9.10. The average molecular weight is 562 g/mol. The van der Waals surface area contributed by atoms with Crippen molar-refractivity contribution in [3.05, 3.63) is 93.9 Å². The molecule has 0 aliphatic rings. The molecule has 1 N–H and O–H groups in total. The lowest BCUT2D eigenvalue weighted by molar-refractivity contribution is -0.113. The van der Waals surface area contributed by atoms with Crippen molar-refractivity contribution < 1.29 is 13.9 Å². The van der Waals surface area contributed by atoms with Gasteiger partial charge in [-0.25, -0.2) is 4.39 Å². The number of nitrogens with one attached hydrogen (secondary N) is 1. The molecule has 0 saturated heterocycles. The van der Waals surface area contributed by atoms with Gasteiger partial charge in [0.15, 0.2) is 28.7 Å². The van der Waals surface area contributed by atoms with E-state index in [0.29, 0.717) is 21.7 Å². The number of benzene rings is 3. The minimum absolute atomic E-state index is 0.0984.